The number of amides is 1. The van der Waals surface area contributed by atoms with Gasteiger partial charge in [-0.15, -0.1) is 0 Å². The number of nitrogens with one attached hydrogen (secondary N) is 1. The first-order chi connectivity index (χ1) is 11.0. The van der Waals surface area contributed by atoms with Crippen LogP contribution >= 0.6 is 0 Å². The minimum Gasteiger partial charge on any atom is -0.338 e. The summed E-state index contributed by atoms with van der Waals surface area (Å²) in [5, 5.41) is 6.05. The van der Waals surface area contributed by atoms with Gasteiger partial charge in [0.2, 0.25) is 5.88 Å². The molecule has 1 amide bonds. The summed E-state index contributed by atoms with van der Waals surface area (Å²) < 4.78 is 43.9. The van der Waals surface area contributed by atoms with Gasteiger partial charge in [0.1, 0.15) is 0 Å². The lowest BCUT2D eigenvalue weighted by molar-refractivity contribution is -0.138. The van der Waals surface area contributed by atoms with Gasteiger partial charge in [-0.05, 0) is 24.8 Å². The van der Waals surface area contributed by atoms with Crippen LogP contribution in [0.2, 0.25) is 0 Å². The lowest BCUT2D eigenvalue weighted by Crippen LogP contribution is -2.19. The molecule has 122 valence electrons. The molecule has 1 N–H and O–H groups in total. The first-order valence-electron chi connectivity index (χ1n) is 7.24. The number of nitrogens with zero attached hydrogens (tertiary/aromatic N) is 2. The number of hydrogen-bond donors (Lipinski definition) is 1. The molecule has 0 aliphatic heterocycles. The molecule has 1 aliphatic rings. The molecule has 0 unspecified atom stereocenters. The molecular formula is C15H14F3N3O2. The molecule has 8 heteroatoms. The first kappa shape index (κ1) is 15.5. The average molecular weight is 325 g/mol. The van der Waals surface area contributed by atoms with Crippen molar-refractivity contribution in [2.24, 2.45) is 0 Å². The minimum atomic E-state index is -4.63. The highest BCUT2D eigenvalue weighted by Gasteiger charge is 2.35. The number of rotatable bonds is 3. The predicted molar refractivity (Wildman–Crippen MR) is 74.9 cm³/mol. The summed E-state index contributed by atoms with van der Waals surface area (Å²) in [7, 11) is 0. The Morgan fingerprint density at radius 1 is 1.26 bits per heavy atom. The SMILES string of the molecule is O=C(Nc1oncc1C1CCCC1)c1cnccc1C(F)(F)F. The number of pyridine rings is 1. The fourth-order valence-electron chi connectivity index (χ4n) is 2.86. The lowest BCUT2D eigenvalue weighted by atomic mass is 10.0. The smallest absolute Gasteiger partial charge is 0.338 e. The van der Waals surface area contributed by atoms with Crippen molar-refractivity contribution < 1.29 is 22.5 Å². The van der Waals surface area contributed by atoms with E-state index in [0.29, 0.717) is 0 Å². The normalized spacial score (nSPS) is 15.8. The van der Waals surface area contributed by atoms with Crippen LogP contribution in [0.3, 0.4) is 0 Å². The third-order valence-electron chi connectivity index (χ3n) is 3.99. The van der Waals surface area contributed by atoms with E-state index < -0.39 is 23.2 Å². The quantitative estimate of drug-likeness (QED) is 0.926. The zero-order valence-electron chi connectivity index (χ0n) is 12.1. The van der Waals surface area contributed by atoms with Gasteiger partial charge in [-0.25, -0.2) is 0 Å². The molecule has 0 radical (unpaired) electrons. The van der Waals surface area contributed by atoms with Crippen molar-refractivity contribution in [2.45, 2.75) is 37.8 Å². The van der Waals surface area contributed by atoms with E-state index in [9.17, 15) is 18.0 Å². The Morgan fingerprint density at radius 2 is 2.00 bits per heavy atom. The molecule has 3 rings (SSSR count). The molecule has 2 aromatic heterocycles. The largest absolute Gasteiger partial charge is 0.417 e. The maximum Gasteiger partial charge on any atom is 0.417 e. The first-order valence-corrected chi connectivity index (χ1v) is 7.24. The molecule has 0 saturated heterocycles. The second-order valence-electron chi connectivity index (χ2n) is 5.46. The van der Waals surface area contributed by atoms with E-state index in [1.807, 2.05) is 0 Å². The van der Waals surface area contributed by atoms with Gasteiger partial charge >= 0.3 is 6.18 Å². The molecule has 0 atom stereocenters. The van der Waals surface area contributed by atoms with E-state index in [2.05, 4.69) is 15.5 Å². The summed E-state index contributed by atoms with van der Waals surface area (Å²) in [6, 6.07) is 0.771. The molecule has 1 saturated carbocycles. The highest BCUT2D eigenvalue weighted by Crippen LogP contribution is 2.38. The summed E-state index contributed by atoms with van der Waals surface area (Å²) in [6.45, 7) is 0. The molecule has 23 heavy (non-hydrogen) atoms. The van der Waals surface area contributed by atoms with Crippen LogP contribution in [0.15, 0.2) is 29.2 Å². The number of anilines is 1. The van der Waals surface area contributed by atoms with E-state index in [1.165, 1.54) is 6.20 Å². The monoisotopic (exact) mass is 325 g/mol. The molecule has 2 aromatic rings. The zero-order valence-corrected chi connectivity index (χ0v) is 12.1. The van der Waals surface area contributed by atoms with Crippen LogP contribution in [0.4, 0.5) is 19.1 Å². The second-order valence-corrected chi connectivity index (χ2v) is 5.46. The van der Waals surface area contributed by atoms with Crippen molar-refractivity contribution in [3.63, 3.8) is 0 Å². The Morgan fingerprint density at radius 3 is 2.70 bits per heavy atom. The topological polar surface area (TPSA) is 68.0 Å². The maximum atomic E-state index is 13.0. The van der Waals surface area contributed by atoms with Crippen LogP contribution in [0.25, 0.3) is 0 Å². The summed E-state index contributed by atoms with van der Waals surface area (Å²) in [5.74, 6) is -0.590. The highest BCUT2D eigenvalue weighted by atomic mass is 19.4. The predicted octanol–water partition coefficient (Wildman–Crippen LogP) is 4.00. The minimum absolute atomic E-state index is 0.110. The standard InChI is InChI=1S/C15H14F3N3O2/c16-15(17,18)12-5-6-19-7-11(12)13(22)21-14-10(8-20-23-14)9-3-1-2-4-9/h5-9H,1-4H2,(H,21,22). The number of carbonyl (C=O) groups excluding carboxylic acids is 1. The van der Waals surface area contributed by atoms with Gasteiger partial charge in [0.25, 0.3) is 5.91 Å². The van der Waals surface area contributed by atoms with Crippen LogP contribution in [-0.4, -0.2) is 16.0 Å². The lowest BCUT2D eigenvalue weighted by Gasteiger charge is -2.12. The van der Waals surface area contributed by atoms with Crippen LogP contribution in [-0.2, 0) is 6.18 Å². The van der Waals surface area contributed by atoms with Crippen molar-refractivity contribution in [3.05, 3.63) is 41.3 Å². The fraction of sp³-hybridized carbons (Fsp3) is 0.400. The molecule has 2 heterocycles. The van der Waals surface area contributed by atoms with Gasteiger partial charge in [0.05, 0.1) is 17.3 Å². The highest BCUT2D eigenvalue weighted by molar-refractivity contribution is 6.04. The van der Waals surface area contributed by atoms with Gasteiger partial charge in [-0.1, -0.05) is 18.0 Å². The maximum absolute atomic E-state index is 13.0. The van der Waals surface area contributed by atoms with E-state index in [-0.39, 0.29) is 11.8 Å². The van der Waals surface area contributed by atoms with Crippen molar-refractivity contribution in [3.8, 4) is 0 Å². The second kappa shape index (κ2) is 6.02. The van der Waals surface area contributed by atoms with E-state index in [4.69, 9.17) is 4.52 Å². The zero-order chi connectivity index (χ0) is 16.4. The van der Waals surface area contributed by atoms with Crippen LogP contribution < -0.4 is 5.32 Å². The molecule has 0 aromatic carbocycles. The Bertz CT molecular complexity index is 706. The Balaban J connectivity index is 1.85. The molecule has 1 fully saturated rings. The van der Waals surface area contributed by atoms with E-state index in [1.54, 1.807) is 0 Å². The van der Waals surface area contributed by atoms with Crippen molar-refractivity contribution in [1.29, 1.82) is 0 Å². The Kier molecular flexibility index (Phi) is 4.06. The number of hydrogen-bond acceptors (Lipinski definition) is 4. The van der Waals surface area contributed by atoms with Gasteiger partial charge in [-0.2, -0.15) is 13.2 Å². The summed E-state index contributed by atoms with van der Waals surface area (Å²) in [6.07, 6.45) is 2.82. The molecule has 5 nitrogen and oxygen atoms in total. The van der Waals surface area contributed by atoms with Crippen LogP contribution in [0, 0.1) is 0 Å². The van der Waals surface area contributed by atoms with Gasteiger partial charge in [-0.3, -0.25) is 15.1 Å². The Labute approximate surface area is 129 Å². The number of halogens is 3. The van der Waals surface area contributed by atoms with Gasteiger partial charge in [0, 0.05) is 18.0 Å². The number of carbonyl (C=O) groups is 1. The third kappa shape index (κ3) is 3.20. The molecule has 0 spiro atoms. The van der Waals surface area contributed by atoms with Gasteiger partial charge < -0.3 is 4.52 Å². The molecular weight excluding hydrogens is 311 g/mol. The third-order valence-corrected chi connectivity index (χ3v) is 3.99. The van der Waals surface area contributed by atoms with E-state index >= 15 is 0 Å². The number of alkyl halides is 3. The van der Waals surface area contributed by atoms with E-state index in [0.717, 1.165) is 49.7 Å². The van der Waals surface area contributed by atoms with Crippen LogP contribution in [0.5, 0.6) is 0 Å². The van der Waals surface area contributed by atoms with Gasteiger partial charge in [0.15, 0.2) is 0 Å². The fourth-order valence-corrected chi connectivity index (χ4v) is 2.86. The van der Waals surface area contributed by atoms with Crippen molar-refractivity contribution >= 4 is 11.8 Å². The van der Waals surface area contributed by atoms with Crippen LogP contribution in [0.1, 0.15) is 53.1 Å². The summed E-state index contributed by atoms with van der Waals surface area (Å²) in [4.78, 5) is 15.8. The molecule has 0 bridgehead atoms. The summed E-state index contributed by atoms with van der Waals surface area (Å²) in [5.41, 5.74) is -0.853. The summed E-state index contributed by atoms with van der Waals surface area (Å²) >= 11 is 0. The van der Waals surface area contributed by atoms with Crippen molar-refractivity contribution in [1.82, 2.24) is 10.1 Å². The molecule has 1 aliphatic carbocycles. The average Bonchev–Trinajstić information content (AvgIpc) is 3.17. The Hall–Kier alpha value is -2.38. The number of aromatic nitrogens is 2. The van der Waals surface area contributed by atoms with Crippen molar-refractivity contribution in [2.75, 3.05) is 5.32 Å².